The standard InChI is InChI=1S/C14H12N2O4S/c1-20-14-5-3-2-4-13(14)16-21(18,19)12-8-6-11(7-9-12)15-10-17/h2-9,16H,1H3. The molecule has 0 saturated carbocycles. The second kappa shape index (κ2) is 6.21. The number of hydrogen-bond donors (Lipinski definition) is 1. The molecule has 1 N–H and O–H groups in total. The molecule has 0 atom stereocenters. The molecular formula is C14H12N2O4S. The smallest absolute Gasteiger partial charge is 0.262 e. The van der Waals surface area contributed by atoms with E-state index in [1.54, 1.807) is 24.3 Å². The predicted octanol–water partition coefficient (Wildman–Crippen LogP) is 2.46. The van der Waals surface area contributed by atoms with E-state index in [0.29, 0.717) is 17.1 Å². The lowest BCUT2D eigenvalue weighted by molar-refractivity contribution is 0.417. The first-order chi connectivity index (χ1) is 10.1. The summed E-state index contributed by atoms with van der Waals surface area (Å²) in [6.07, 6.45) is 1.39. The van der Waals surface area contributed by atoms with Crippen LogP contribution < -0.4 is 9.46 Å². The quantitative estimate of drug-likeness (QED) is 0.679. The number of anilines is 1. The van der Waals surface area contributed by atoms with Gasteiger partial charge in [0.1, 0.15) is 5.75 Å². The number of nitrogens with zero attached hydrogens (tertiary/aromatic N) is 1. The van der Waals surface area contributed by atoms with Gasteiger partial charge in [-0.15, -0.1) is 0 Å². The van der Waals surface area contributed by atoms with Crippen LogP contribution in [0.15, 0.2) is 58.4 Å². The summed E-state index contributed by atoms with van der Waals surface area (Å²) >= 11 is 0. The number of hydrogen-bond acceptors (Lipinski definition) is 5. The molecule has 0 spiro atoms. The van der Waals surface area contributed by atoms with Crippen LogP contribution in [0.5, 0.6) is 5.75 Å². The summed E-state index contributed by atoms with van der Waals surface area (Å²) in [6.45, 7) is 0. The number of nitrogens with one attached hydrogen (secondary N) is 1. The molecule has 0 radical (unpaired) electrons. The molecule has 0 unspecified atom stereocenters. The zero-order valence-corrected chi connectivity index (χ0v) is 11.9. The van der Waals surface area contributed by atoms with E-state index in [-0.39, 0.29) is 4.90 Å². The van der Waals surface area contributed by atoms with Gasteiger partial charge >= 0.3 is 0 Å². The average molecular weight is 304 g/mol. The molecular weight excluding hydrogens is 292 g/mol. The number of methoxy groups -OCH3 is 1. The van der Waals surface area contributed by atoms with Crippen LogP contribution in [0, 0.1) is 0 Å². The summed E-state index contributed by atoms with van der Waals surface area (Å²) in [5.41, 5.74) is 0.677. The Bertz CT molecular complexity index is 779. The first-order valence-corrected chi connectivity index (χ1v) is 7.39. The molecule has 0 aliphatic heterocycles. The number of aliphatic imine (C=N–C) groups is 1. The van der Waals surface area contributed by atoms with Gasteiger partial charge in [-0.2, -0.15) is 4.99 Å². The van der Waals surface area contributed by atoms with Crippen LogP contribution >= 0.6 is 0 Å². The minimum absolute atomic E-state index is 0.0539. The second-order valence-corrected chi connectivity index (χ2v) is 5.69. The van der Waals surface area contributed by atoms with E-state index in [1.807, 2.05) is 0 Å². The maximum Gasteiger partial charge on any atom is 0.262 e. The van der Waals surface area contributed by atoms with Crippen molar-refractivity contribution < 1.29 is 17.9 Å². The molecule has 0 bridgehead atoms. The van der Waals surface area contributed by atoms with E-state index in [1.165, 1.54) is 37.5 Å². The van der Waals surface area contributed by atoms with Gasteiger partial charge in [0.05, 0.1) is 23.4 Å². The molecule has 0 amide bonds. The third kappa shape index (κ3) is 3.47. The summed E-state index contributed by atoms with van der Waals surface area (Å²) < 4.78 is 32.1. The number of para-hydroxylation sites is 2. The van der Waals surface area contributed by atoms with Crippen molar-refractivity contribution in [2.75, 3.05) is 11.8 Å². The van der Waals surface area contributed by atoms with E-state index in [0.717, 1.165) is 0 Å². The molecule has 0 aromatic heterocycles. The molecule has 2 aromatic carbocycles. The number of ether oxygens (including phenoxy) is 1. The second-order valence-electron chi connectivity index (χ2n) is 4.00. The van der Waals surface area contributed by atoms with E-state index < -0.39 is 10.0 Å². The zero-order valence-electron chi connectivity index (χ0n) is 11.1. The first kappa shape index (κ1) is 14.8. The highest BCUT2D eigenvalue weighted by Gasteiger charge is 2.16. The number of carbonyl (C=O) groups excluding carboxylic acids is 1. The van der Waals surface area contributed by atoms with Crippen LogP contribution in [0.2, 0.25) is 0 Å². The fourth-order valence-corrected chi connectivity index (χ4v) is 2.76. The lowest BCUT2D eigenvalue weighted by Gasteiger charge is -2.11. The van der Waals surface area contributed by atoms with Crippen LogP contribution in [0.1, 0.15) is 0 Å². The summed E-state index contributed by atoms with van der Waals surface area (Å²) in [7, 11) is -2.29. The summed E-state index contributed by atoms with van der Waals surface area (Å²) in [5.74, 6) is 0.420. The lowest BCUT2D eigenvalue weighted by Crippen LogP contribution is -2.13. The van der Waals surface area contributed by atoms with Crippen molar-refractivity contribution >= 4 is 27.5 Å². The van der Waals surface area contributed by atoms with E-state index in [2.05, 4.69) is 9.71 Å². The van der Waals surface area contributed by atoms with Crippen LogP contribution in [-0.2, 0) is 14.8 Å². The third-order valence-corrected chi connectivity index (χ3v) is 4.05. The van der Waals surface area contributed by atoms with Crippen LogP contribution in [0.25, 0.3) is 0 Å². The van der Waals surface area contributed by atoms with Gasteiger partial charge in [0.2, 0.25) is 6.08 Å². The fourth-order valence-electron chi connectivity index (χ4n) is 1.69. The maximum absolute atomic E-state index is 12.3. The van der Waals surface area contributed by atoms with Gasteiger partial charge in [-0.05, 0) is 36.4 Å². The molecule has 21 heavy (non-hydrogen) atoms. The molecule has 2 rings (SSSR count). The molecule has 0 saturated heterocycles. The van der Waals surface area contributed by atoms with E-state index >= 15 is 0 Å². The van der Waals surface area contributed by atoms with Crippen molar-refractivity contribution in [2.24, 2.45) is 4.99 Å². The molecule has 7 heteroatoms. The fraction of sp³-hybridized carbons (Fsp3) is 0.0714. The monoisotopic (exact) mass is 304 g/mol. The number of rotatable bonds is 5. The van der Waals surface area contributed by atoms with Gasteiger partial charge < -0.3 is 4.74 Å². The highest BCUT2D eigenvalue weighted by atomic mass is 32.2. The summed E-state index contributed by atoms with van der Waals surface area (Å²) in [5, 5.41) is 0. The minimum Gasteiger partial charge on any atom is -0.495 e. The first-order valence-electron chi connectivity index (χ1n) is 5.90. The zero-order chi connectivity index (χ0) is 15.3. The Morgan fingerprint density at radius 1 is 1.10 bits per heavy atom. The van der Waals surface area contributed by atoms with Crippen molar-refractivity contribution in [2.45, 2.75) is 4.90 Å². The lowest BCUT2D eigenvalue weighted by atomic mass is 10.3. The summed E-state index contributed by atoms with van der Waals surface area (Å²) in [6, 6.07) is 12.2. The van der Waals surface area contributed by atoms with Crippen molar-refractivity contribution in [1.29, 1.82) is 0 Å². The SMILES string of the molecule is COc1ccccc1NS(=O)(=O)c1ccc(N=C=O)cc1. The van der Waals surface area contributed by atoms with Crippen molar-refractivity contribution in [3.8, 4) is 5.75 Å². The molecule has 2 aromatic rings. The Hall–Kier alpha value is -2.63. The van der Waals surface area contributed by atoms with Gasteiger partial charge in [-0.1, -0.05) is 12.1 Å². The van der Waals surface area contributed by atoms with Crippen molar-refractivity contribution in [3.05, 3.63) is 48.5 Å². The van der Waals surface area contributed by atoms with E-state index in [4.69, 9.17) is 4.74 Å². The van der Waals surface area contributed by atoms with Crippen LogP contribution in [0.3, 0.4) is 0 Å². The molecule has 0 heterocycles. The topological polar surface area (TPSA) is 84.8 Å². The number of sulfonamides is 1. The Balaban J connectivity index is 2.31. The minimum atomic E-state index is -3.75. The molecule has 0 fully saturated rings. The van der Waals surface area contributed by atoms with Gasteiger partial charge in [-0.3, -0.25) is 4.72 Å². The van der Waals surface area contributed by atoms with Crippen LogP contribution in [-0.4, -0.2) is 21.6 Å². The largest absolute Gasteiger partial charge is 0.495 e. The highest BCUT2D eigenvalue weighted by molar-refractivity contribution is 7.92. The third-order valence-electron chi connectivity index (χ3n) is 2.67. The number of benzene rings is 2. The van der Waals surface area contributed by atoms with Crippen LogP contribution in [0.4, 0.5) is 11.4 Å². The Labute approximate surface area is 122 Å². The average Bonchev–Trinajstić information content (AvgIpc) is 2.48. The van der Waals surface area contributed by atoms with Gasteiger partial charge in [0, 0.05) is 0 Å². The van der Waals surface area contributed by atoms with Crippen molar-refractivity contribution in [3.63, 3.8) is 0 Å². The highest BCUT2D eigenvalue weighted by Crippen LogP contribution is 2.26. The predicted molar refractivity (Wildman–Crippen MR) is 78.0 cm³/mol. The maximum atomic E-state index is 12.3. The van der Waals surface area contributed by atoms with Gasteiger partial charge in [-0.25, -0.2) is 13.2 Å². The van der Waals surface area contributed by atoms with Crippen molar-refractivity contribution in [1.82, 2.24) is 0 Å². The Morgan fingerprint density at radius 3 is 2.38 bits per heavy atom. The number of isocyanates is 1. The molecule has 0 aliphatic carbocycles. The molecule has 108 valence electrons. The van der Waals surface area contributed by atoms with Gasteiger partial charge in [0.15, 0.2) is 0 Å². The van der Waals surface area contributed by atoms with Gasteiger partial charge in [0.25, 0.3) is 10.0 Å². The van der Waals surface area contributed by atoms with E-state index in [9.17, 15) is 13.2 Å². The summed E-state index contributed by atoms with van der Waals surface area (Å²) in [4.78, 5) is 13.6. The molecule has 6 nitrogen and oxygen atoms in total. The normalized spacial score (nSPS) is 10.5. The Morgan fingerprint density at radius 2 is 1.76 bits per heavy atom. The molecule has 0 aliphatic rings. The Kier molecular flexibility index (Phi) is 4.37.